The number of hydrogen-bond donors (Lipinski definition) is 1. The molecule has 1 aliphatic rings. The van der Waals surface area contributed by atoms with Gasteiger partial charge in [-0.3, -0.25) is 4.90 Å². The topological polar surface area (TPSA) is 23.5 Å². The second-order valence-corrected chi connectivity index (χ2v) is 5.42. The standard InChI is InChI=1S/C15H23NO/c1-12-6-13(2)8-15(7-12)10-16-5-3-4-14(9-16)11-17/h6-8,14,17H,3-5,9-11H2,1-2H3. The number of hydrogen-bond acceptors (Lipinski definition) is 2. The molecule has 1 unspecified atom stereocenters. The molecule has 1 aliphatic heterocycles. The maximum atomic E-state index is 9.24. The SMILES string of the molecule is Cc1cc(C)cc(CN2CCCC(CO)C2)c1. The summed E-state index contributed by atoms with van der Waals surface area (Å²) in [5.74, 6) is 0.481. The molecule has 0 saturated carbocycles. The molecular weight excluding hydrogens is 210 g/mol. The molecular formula is C15H23NO. The molecule has 1 aromatic carbocycles. The minimum Gasteiger partial charge on any atom is -0.396 e. The molecule has 0 aliphatic carbocycles. The lowest BCUT2D eigenvalue weighted by Gasteiger charge is -2.31. The molecule has 0 radical (unpaired) electrons. The third kappa shape index (κ3) is 3.55. The summed E-state index contributed by atoms with van der Waals surface area (Å²) in [6.45, 7) is 7.89. The average molecular weight is 233 g/mol. The minimum absolute atomic E-state index is 0.337. The molecule has 2 rings (SSSR count). The van der Waals surface area contributed by atoms with Crippen molar-refractivity contribution in [1.29, 1.82) is 0 Å². The lowest BCUT2D eigenvalue weighted by atomic mass is 9.98. The van der Waals surface area contributed by atoms with Crippen LogP contribution in [0.2, 0.25) is 0 Å². The molecule has 1 atom stereocenters. The Morgan fingerprint density at radius 1 is 1.24 bits per heavy atom. The van der Waals surface area contributed by atoms with Crippen LogP contribution in [0.3, 0.4) is 0 Å². The van der Waals surface area contributed by atoms with Crippen LogP contribution in [0.1, 0.15) is 29.5 Å². The Morgan fingerprint density at radius 3 is 2.59 bits per heavy atom. The van der Waals surface area contributed by atoms with Crippen molar-refractivity contribution in [3.63, 3.8) is 0 Å². The van der Waals surface area contributed by atoms with Gasteiger partial charge in [0, 0.05) is 19.7 Å². The third-order valence-electron chi connectivity index (χ3n) is 3.55. The van der Waals surface area contributed by atoms with Crippen LogP contribution in [0.4, 0.5) is 0 Å². The van der Waals surface area contributed by atoms with Gasteiger partial charge in [-0.05, 0) is 44.7 Å². The van der Waals surface area contributed by atoms with E-state index in [9.17, 15) is 5.11 Å². The second-order valence-electron chi connectivity index (χ2n) is 5.42. The van der Waals surface area contributed by atoms with Crippen molar-refractivity contribution in [3.05, 3.63) is 34.9 Å². The Bertz CT molecular complexity index is 355. The highest BCUT2D eigenvalue weighted by Gasteiger charge is 2.19. The van der Waals surface area contributed by atoms with Gasteiger partial charge >= 0.3 is 0 Å². The summed E-state index contributed by atoms with van der Waals surface area (Å²) in [4.78, 5) is 2.47. The summed E-state index contributed by atoms with van der Waals surface area (Å²) in [6.07, 6.45) is 2.40. The number of rotatable bonds is 3. The lowest BCUT2D eigenvalue weighted by molar-refractivity contribution is 0.116. The maximum Gasteiger partial charge on any atom is 0.0471 e. The van der Waals surface area contributed by atoms with Gasteiger partial charge in [-0.1, -0.05) is 29.3 Å². The van der Waals surface area contributed by atoms with Gasteiger partial charge < -0.3 is 5.11 Å². The van der Waals surface area contributed by atoms with Crippen molar-refractivity contribution < 1.29 is 5.11 Å². The first kappa shape index (κ1) is 12.6. The van der Waals surface area contributed by atoms with E-state index < -0.39 is 0 Å². The molecule has 2 heteroatoms. The zero-order valence-electron chi connectivity index (χ0n) is 10.9. The largest absolute Gasteiger partial charge is 0.396 e. The van der Waals surface area contributed by atoms with Crippen molar-refractivity contribution >= 4 is 0 Å². The first-order valence-corrected chi connectivity index (χ1v) is 6.58. The van der Waals surface area contributed by atoms with E-state index in [1.165, 1.54) is 36.1 Å². The quantitative estimate of drug-likeness (QED) is 0.867. The predicted molar refractivity (Wildman–Crippen MR) is 71.0 cm³/mol. The van der Waals surface area contributed by atoms with Crippen LogP contribution in [-0.4, -0.2) is 29.7 Å². The van der Waals surface area contributed by atoms with E-state index in [0.717, 1.165) is 13.1 Å². The van der Waals surface area contributed by atoms with Gasteiger partial charge in [0.25, 0.3) is 0 Å². The van der Waals surface area contributed by atoms with Gasteiger partial charge in [0.1, 0.15) is 0 Å². The average Bonchev–Trinajstić information content (AvgIpc) is 2.28. The number of aliphatic hydroxyl groups excluding tert-OH is 1. The summed E-state index contributed by atoms with van der Waals surface area (Å²) in [5, 5.41) is 9.24. The van der Waals surface area contributed by atoms with Gasteiger partial charge in [0.05, 0.1) is 0 Å². The molecule has 1 N–H and O–H groups in total. The molecule has 1 fully saturated rings. The summed E-state index contributed by atoms with van der Waals surface area (Å²) in [5.41, 5.74) is 4.09. The number of benzene rings is 1. The fourth-order valence-electron chi connectivity index (χ4n) is 2.86. The van der Waals surface area contributed by atoms with Crippen LogP contribution in [0.25, 0.3) is 0 Å². The van der Waals surface area contributed by atoms with Gasteiger partial charge in [0.2, 0.25) is 0 Å². The van der Waals surface area contributed by atoms with Crippen molar-refractivity contribution in [2.45, 2.75) is 33.2 Å². The first-order valence-electron chi connectivity index (χ1n) is 6.58. The molecule has 1 saturated heterocycles. The lowest BCUT2D eigenvalue weighted by Crippen LogP contribution is -2.36. The van der Waals surface area contributed by atoms with Crippen LogP contribution in [-0.2, 0) is 6.54 Å². The zero-order chi connectivity index (χ0) is 12.3. The van der Waals surface area contributed by atoms with Crippen molar-refractivity contribution in [3.8, 4) is 0 Å². The fraction of sp³-hybridized carbons (Fsp3) is 0.600. The van der Waals surface area contributed by atoms with Gasteiger partial charge in [0.15, 0.2) is 0 Å². The van der Waals surface area contributed by atoms with E-state index in [4.69, 9.17) is 0 Å². The fourth-order valence-corrected chi connectivity index (χ4v) is 2.86. The second kappa shape index (κ2) is 5.65. The van der Waals surface area contributed by atoms with E-state index in [1.807, 2.05) is 0 Å². The normalized spacial score (nSPS) is 21.7. The van der Waals surface area contributed by atoms with Crippen LogP contribution >= 0.6 is 0 Å². The molecule has 0 spiro atoms. The Balaban J connectivity index is 2.00. The first-order chi connectivity index (χ1) is 8.17. The molecule has 17 heavy (non-hydrogen) atoms. The summed E-state index contributed by atoms with van der Waals surface area (Å²) >= 11 is 0. The molecule has 0 aromatic heterocycles. The zero-order valence-corrected chi connectivity index (χ0v) is 10.9. The molecule has 2 nitrogen and oxygen atoms in total. The summed E-state index contributed by atoms with van der Waals surface area (Å²) in [6, 6.07) is 6.77. The van der Waals surface area contributed by atoms with E-state index in [0.29, 0.717) is 12.5 Å². The van der Waals surface area contributed by atoms with Crippen molar-refractivity contribution in [2.75, 3.05) is 19.7 Å². The smallest absolute Gasteiger partial charge is 0.0471 e. The highest BCUT2D eigenvalue weighted by molar-refractivity contribution is 5.28. The Labute approximate surface area is 104 Å². The Hall–Kier alpha value is -0.860. The van der Waals surface area contributed by atoms with Crippen molar-refractivity contribution in [2.24, 2.45) is 5.92 Å². The minimum atomic E-state index is 0.337. The third-order valence-corrected chi connectivity index (χ3v) is 3.55. The van der Waals surface area contributed by atoms with Gasteiger partial charge in [-0.2, -0.15) is 0 Å². The van der Waals surface area contributed by atoms with E-state index in [1.54, 1.807) is 0 Å². The van der Waals surface area contributed by atoms with Crippen molar-refractivity contribution in [1.82, 2.24) is 4.90 Å². The highest BCUT2D eigenvalue weighted by Crippen LogP contribution is 2.19. The van der Waals surface area contributed by atoms with Crippen LogP contribution in [0, 0.1) is 19.8 Å². The van der Waals surface area contributed by atoms with Gasteiger partial charge in [-0.25, -0.2) is 0 Å². The Kier molecular flexibility index (Phi) is 4.19. The number of likely N-dealkylation sites (tertiary alicyclic amines) is 1. The monoisotopic (exact) mass is 233 g/mol. The van der Waals surface area contributed by atoms with E-state index in [2.05, 4.69) is 36.9 Å². The van der Waals surface area contributed by atoms with Crippen LogP contribution in [0.5, 0.6) is 0 Å². The van der Waals surface area contributed by atoms with Crippen LogP contribution < -0.4 is 0 Å². The molecule has 94 valence electrons. The molecule has 0 amide bonds. The highest BCUT2D eigenvalue weighted by atomic mass is 16.3. The molecule has 1 heterocycles. The molecule has 0 bridgehead atoms. The van der Waals surface area contributed by atoms with Gasteiger partial charge in [-0.15, -0.1) is 0 Å². The number of aryl methyl sites for hydroxylation is 2. The summed E-state index contributed by atoms with van der Waals surface area (Å²) < 4.78 is 0. The molecule has 1 aromatic rings. The Morgan fingerprint density at radius 2 is 1.94 bits per heavy atom. The van der Waals surface area contributed by atoms with E-state index in [-0.39, 0.29) is 0 Å². The van der Waals surface area contributed by atoms with E-state index >= 15 is 0 Å². The maximum absolute atomic E-state index is 9.24. The predicted octanol–water partition coefficient (Wildman–Crippen LogP) is 2.51. The number of nitrogens with zero attached hydrogens (tertiary/aromatic N) is 1. The number of piperidine rings is 1. The number of aliphatic hydroxyl groups is 1. The van der Waals surface area contributed by atoms with Crippen LogP contribution in [0.15, 0.2) is 18.2 Å². The summed E-state index contributed by atoms with van der Waals surface area (Å²) in [7, 11) is 0.